The third kappa shape index (κ3) is 9.87. The summed E-state index contributed by atoms with van der Waals surface area (Å²) in [6.45, 7) is 15.9. The van der Waals surface area contributed by atoms with Gasteiger partial charge >= 0.3 is 5.97 Å². The predicted molar refractivity (Wildman–Crippen MR) is 159 cm³/mol. The van der Waals surface area contributed by atoms with E-state index in [2.05, 4.69) is 27.7 Å². The summed E-state index contributed by atoms with van der Waals surface area (Å²) in [5, 5.41) is 9.34. The van der Waals surface area contributed by atoms with Gasteiger partial charge in [0.15, 0.2) is 11.6 Å². The molecular formula is C34H48O6. The van der Waals surface area contributed by atoms with E-state index in [0.717, 1.165) is 43.3 Å². The van der Waals surface area contributed by atoms with Gasteiger partial charge in [-0.2, -0.15) is 0 Å². The van der Waals surface area contributed by atoms with Gasteiger partial charge in [0.05, 0.1) is 5.41 Å². The molecule has 0 spiro atoms. The van der Waals surface area contributed by atoms with E-state index in [0.29, 0.717) is 36.9 Å². The molecule has 0 heterocycles. The topological polar surface area (TPSA) is 97.7 Å². The van der Waals surface area contributed by atoms with E-state index in [1.54, 1.807) is 26.0 Å². The third-order valence-corrected chi connectivity index (χ3v) is 7.62. The second kappa shape index (κ2) is 13.1. The molecule has 0 radical (unpaired) electrons. The number of Topliss-reactive ketones (excluding diaryl/α,β-unsaturated/α-hetero) is 2. The number of carbonyl (C=O) groups is 4. The van der Waals surface area contributed by atoms with Gasteiger partial charge in [-0.25, -0.2) is 0 Å². The zero-order chi connectivity index (χ0) is 30.4. The maximum atomic E-state index is 13.3. The van der Waals surface area contributed by atoms with E-state index >= 15 is 0 Å². The number of carboxylic acid groups (broad SMARTS) is 1. The quantitative estimate of drug-likeness (QED) is 0.165. The van der Waals surface area contributed by atoms with Crippen molar-refractivity contribution >= 4 is 24.0 Å². The van der Waals surface area contributed by atoms with Crippen molar-refractivity contribution in [3.05, 3.63) is 58.7 Å². The minimum atomic E-state index is -0.808. The molecular weight excluding hydrogens is 504 g/mol. The Bertz CT molecular complexity index is 1150. The maximum absolute atomic E-state index is 13.3. The Morgan fingerprint density at radius 3 is 1.60 bits per heavy atom. The summed E-state index contributed by atoms with van der Waals surface area (Å²) in [4.78, 5) is 48.7. The highest BCUT2D eigenvalue weighted by Gasteiger charge is 2.29. The lowest BCUT2D eigenvalue weighted by atomic mass is 9.77. The van der Waals surface area contributed by atoms with Crippen LogP contribution in [0.3, 0.4) is 0 Å². The first-order valence-corrected chi connectivity index (χ1v) is 14.4. The maximum Gasteiger partial charge on any atom is 0.309 e. The Balaban J connectivity index is 2.07. The Morgan fingerprint density at radius 2 is 1.20 bits per heavy atom. The zero-order valence-corrected chi connectivity index (χ0v) is 25.7. The Hall–Kier alpha value is -3.02. The monoisotopic (exact) mass is 552 g/mol. The zero-order valence-electron chi connectivity index (χ0n) is 25.7. The molecule has 0 unspecified atom stereocenters. The normalized spacial score (nSPS) is 19.1. The summed E-state index contributed by atoms with van der Waals surface area (Å²) >= 11 is 0. The van der Waals surface area contributed by atoms with Crippen molar-refractivity contribution in [3.8, 4) is 0 Å². The first-order valence-electron chi connectivity index (χ1n) is 14.4. The van der Waals surface area contributed by atoms with E-state index in [1.807, 2.05) is 38.2 Å². The van der Waals surface area contributed by atoms with E-state index in [-0.39, 0.29) is 22.4 Å². The second-order valence-electron chi connectivity index (χ2n) is 13.7. The SMILES string of the molecule is CC1(C)C=C(/C=C\C2=CC(C)(C)C=C(CCCCC(C)(C)C(=O)O)C2=O)C(=O)C(CCCCC(C)(C)OC=O)=C1. The molecule has 0 amide bonds. The number of ether oxygens (including phenoxy) is 1. The minimum Gasteiger partial charge on any atom is -0.481 e. The van der Waals surface area contributed by atoms with Gasteiger partial charge in [-0.3, -0.25) is 19.2 Å². The molecule has 0 aromatic rings. The summed E-state index contributed by atoms with van der Waals surface area (Å²) in [6, 6.07) is 0. The largest absolute Gasteiger partial charge is 0.481 e. The van der Waals surface area contributed by atoms with Gasteiger partial charge in [0, 0.05) is 22.0 Å². The third-order valence-electron chi connectivity index (χ3n) is 7.62. The van der Waals surface area contributed by atoms with Crippen LogP contribution in [0.1, 0.15) is 107 Å². The number of hydrogen-bond donors (Lipinski definition) is 1. The Morgan fingerprint density at radius 1 is 0.775 bits per heavy atom. The van der Waals surface area contributed by atoms with Crippen LogP contribution in [0, 0.1) is 16.2 Å². The fourth-order valence-electron chi connectivity index (χ4n) is 5.26. The fraction of sp³-hybridized carbons (Fsp3) is 0.588. The van der Waals surface area contributed by atoms with Crippen LogP contribution in [0.25, 0.3) is 0 Å². The molecule has 0 fully saturated rings. The second-order valence-corrected chi connectivity index (χ2v) is 13.7. The number of rotatable bonds is 15. The van der Waals surface area contributed by atoms with Gasteiger partial charge < -0.3 is 9.84 Å². The summed E-state index contributed by atoms with van der Waals surface area (Å²) in [5.41, 5.74) is 0.791. The molecule has 0 saturated heterocycles. The molecule has 6 heteroatoms. The number of allylic oxidation sites excluding steroid dienone is 10. The van der Waals surface area contributed by atoms with Crippen LogP contribution in [-0.4, -0.2) is 34.7 Å². The number of hydrogen-bond acceptors (Lipinski definition) is 5. The van der Waals surface area contributed by atoms with Crippen molar-refractivity contribution in [2.45, 2.75) is 112 Å². The number of aliphatic carboxylic acids is 1. The highest BCUT2D eigenvalue weighted by atomic mass is 16.5. The van der Waals surface area contributed by atoms with Crippen molar-refractivity contribution in [2.24, 2.45) is 16.2 Å². The highest BCUT2D eigenvalue weighted by molar-refractivity contribution is 6.13. The first kappa shape index (κ1) is 33.2. The van der Waals surface area contributed by atoms with Crippen molar-refractivity contribution in [1.82, 2.24) is 0 Å². The van der Waals surface area contributed by atoms with Crippen molar-refractivity contribution in [2.75, 3.05) is 0 Å². The van der Waals surface area contributed by atoms with Crippen molar-refractivity contribution in [3.63, 3.8) is 0 Å². The Kier molecular flexibility index (Phi) is 10.9. The molecule has 40 heavy (non-hydrogen) atoms. The molecule has 0 aromatic carbocycles. The molecule has 2 aliphatic carbocycles. The van der Waals surface area contributed by atoms with E-state index in [9.17, 15) is 24.3 Å². The molecule has 6 nitrogen and oxygen atoms in total. The lowest BCUT2D eigenvalue weighted by Gasteiger charge is -2.26. The molecule has 0 bridgehead atoms. The van der Waals surface area contributed by atoms with Crippen LogP contribution in [-0.2, 0) is 23.9 Å². The van der Waals surface area contributed by atoms with Crippen LogP contribution in [0.15, 0.2) is 58.7 Å². The van der Waals surface area contributed by atoms with Gasteiger partial charge in [0.2, 0.25) is 0 Å². The van der Waals surface area contributed by atoms with Crippen molar-refractivity contribution < 1.29 is 29.0 Å². The standard InChI is InChI=1S/C34H48O6/c1-31(2)19-24(13-9-11-17-33(5,6)30(38)39)28(36)26(21-31)15-16-27-22-32(3,4)20-25(29(27)37)14-10-12-18-34(7,8)40-23-35/h15-16,19-23H,9-14,17-18H2,1-8H3,(H,38,39)/b16-15-. The summed E-state index contributed by atoms with van der Waals surface area (Å²) in [6.07, 6.45) is 17.1. The predicted octanol–water partition coefficient (Wildman–Crippen LogP) is 7.65. The minimum absolute atomic E-state index is 0.0149. The van der Waals surface area contributed by atoms with Crippen LogP contribution in [0.5, 0.6) is 0 Å². The van der Waals surface area contributed by atoms with Gasteiger partial charge in [0.25, 0.3) is 6.47 Å². The average molecular weight is 553 g/mol. The smallest absolute Gasteiger partial charge is 0.309 e. The van der Waals surface area contributed by atoms with Gasteiger partial charge in [-0.1, -0.05) is 70.6 Å². The number of carboxylic acids is 1. The Labute approximate surface area is 240 Å². The molecule has 1 N–H and O–H groups in total. The molecule has 220 valence electrons. The number of unbranched alkanes of at least 4 members (excludes halogenated alkanes) is 2. The van der Waals surface area contributed by atoms with Crippen LogP contribution in [0.2, 0.25) is 0 Å². The van der Waals surface area contributed by atoms with E-state index in [4.69, 9.17) is 4.74 Å². The molecule has 0 aromatic heterocycles. The molecule has 2 aliphatic rings. The molecule has 0 aliphatic heterocycles. The van der Waals surface area contributed by atoms with Crippen molar-refractivity contribution in [1.29, 1.82) is 0 Å². The molecule has 0 saturated carbocycles. The highest BCUT2D eigenvalue weighted by Crippen LogP contribution is 2.35. The molecule has 0 atom stereocenters. The summed E-state index contributed by atoms with van der Waals surface area (Å²) in [5.74, 6) is -0.858. The number of ketones is 2. The lowest BCUT2D eigenvalue weighted by Crippen LogP contribution is -2.23. The van der Waals surface area contributed by atoms with Crippen LogP contribution >= 0.6 is 0 Å². The number of carbonyl (C=O) groups excluding carboxylic acids is 3. The lowest BCUT2D eigenvalue weighted by molar-refractivity contribution is -0.147. The average Bonchev–Trinajstić information content (AvgIpc) is 2.82. The molecule has 2 rings (SSSR count). The van der Waals surface area contributed by atoms with Gasteiger partial charge in [-0.05, 0) is 83.8 Å². The van der Waals surface area contributed by atoms with Crippen LogP contribution < -0.4 is 0 Å². The van der Waals surface area contributed by atoms with E-state index < -0.39 is 17.0 Å². The van der Waals surface area contributed by atoms with E-state index in [1.165, 1.54) is 0 Å². The fourth-order valence-corrected chi connectivity index (χ4v) is 5.26. The van der Waals surface area contributed by atoms with Gasteiger partial charge in [0.1, 0.15) is 5.60 Å². The van der Waals surface area contributed by atoms with Crippen LogP contribution in [0.4, 0.5) is 0 Å². The summed E-state index contributed by atoms with van der Waals surface area (Å²) < 4.78 is 5.12. The van der Waals surface area contributed by atoms with Gasteiger partial charge in [-0.15, -0.1) is 0 Å². The summed E-state index contributed by atoms with van der Waals surface area (Å²) in [7, 11) is 0. The first-order chi connectivity index (χ1) is 18.4.